The number of hydrogen-bond acceptors (Lipinski definition) is 8. The second-order valence-electron chi connectivity index (χ2n) is 6.46. The van der Waals surface area contributed by atoms with E-state index in [2.05, 4.69) is 4.98 Å². The van der Waals surface area contributed by atoms with Crippen LogP contribution in [-0.2, 0) is 9.53 Å². The van der Waals surface area contributed by atoms with E-state index in [0.29, 0.717) is 16.1 Å². The van der Waals surface area contributed by atoms with Gasteiger partial charge >= 0.3 is 5.97 Å². The van der Waals surface area contributed by atoms with Gasteiger partial charge in [-0.25, -0.2) is 9.78 Å². The number of ether oxygens (including phenoxy) is 1. The van der Waals surface area contributed by atoms with Crippen molar-refractivity contribution in [1.82, 2.24) is 4.98 Å². The summed E-state index contributed by atoms with van der Waals surface area (Å²) in [5.74, 6) is -2.34. The normalized spacial score (nSPS) is 16.3. The summed E-state index contributed by atoms with van der Waals surface area (Å²) in [6, 6.07) is 11.4. The quantitative estimate of drug-likeness (QED) is 0.474. The Labute approximate surface area is 179 Å². The minimum Gasteiger partial charge on any atom is -0.503 e. The average Bonchev–Trinajstić information content (AvgIpc) is 3.47. The second kappa shape index (κ2) is 7.85. The van der Waals surface area contributed by atoms with Gasteiger partial charge in [-0.15, -0.1) is 11.3 Å². The molecule has 3 heterocycles. The number of carbonyl (C=O) groups excluding carboxylic acids is 3. The van der Waals surface area contributed by atoms with E-state index in [1.54, 1.807) is 48.7 Å². The molecule has 0 bridgehead atoms. The lowest BCUT2D eigenvalue weighted by molar-refractivity contribution is -0.117. The largest absolute Gasteiger partial charge is 0.503 e. The Bertz CT molecular complexity index is 1170. The van der Waals surface area contributed by atoms with E-state index < -0.39 is 29.5 Å². The maximum atomic E-state index is 13.2. The number of rotatable bonds is 5. The van der Waals surface area contributed by atoms with Gasteiger partial charge in [0.15, 0.2) is 10.9 Å². The minimum absolute atomic E-state index is 0.0129. The number of methoxy groups -OCH3 is 1. The summed E-state index contributed by atoms with van der Waals surface area (Å²) in [5, 5.41) is 12.6. The van der Waals surface area contributed by atoms with E-state index >= 15 is 0 Å². The van der Waals surface area contributed by atoms with Gasteiger partial charge in [0.05, 0.1) is 29.3 Å². The number of aliphatic hydroxyl groups excluding tert-OH is 1. The van der Waals surface area contributed by atoms with Gasteiger partial charge in [-0.2, -0.15) is 0 Å². The molecule has 2 aromatic heterocycles. The van der Waals surface area contributed by atoms with Crippen molar-refractivity contribution in [3.63, 3.8) is 0 Å². The Morgan fingerprint density at radius 1 is 1.17 bits per heavy atom. The number of thiazole rings is 1. The molecular weight excluding hydrogens is 424 g/mol. The average molecular weight is 441 g/mol. The lowest BCUT2D eigenvalue weighted by Gasteiger charge is -2.24. The van der Waals surface area contributed by atoms with E-state index in [1.165, 1.54) is 23.3 Å². The lowest BCUT2D eigenvalue weighted by Crippen LogP contribution is -2.30. The Kier molecular flexibility index (Phi) is 5.23. The molecule has 1 aliphatic rings. The van der Waals surface area contributed by atoms with Crippen molar-refractivity contribution in [1.29, 1.82) is 0 Å². The molecule has 152 valence electrons. The maximum absolute atomic E-state index is 13.2. The van der Waals surface area contributed by atoms with Crippen molar-refractivity contribution in [3.8, 4) is 0 Å². The second-order valence-corrected chi connectivity index (χ2v) is 8.38. The van der Waals surface area contributed by atoms with Crippen LogP contribution in [0.25, 0.3) is 0 Å². The third kappa shape index (κ3) is 3.21. The van der Waals surface area contributed by atoms with Crippen LogP contribution in [0.2, 0.25) is 0 Å². The van der Waals surface area contributed by atoms with E-state index in [0.717, 1.165) is 11.3 Å². The molecule has 7 nitrogen and oxygen atoms in total. The van der Waals surface area contributed by atoms with Crippen LogP contribution < -0.4 is 4.90 Å². The fourth-order valence-corrected chi connectivity index (χ4v) is 4.98. The van der Waals surface area contributed by atoms with Crippen LogP contribution in [-0.4, -0.2) is 34.9 Å². The number of hydrogen-bond donors (Lipinski definition) is 1. The van der Waals surface area contributed by atoms with Crippen molar-refractivity contribution in [2.24, 2.45) is 0 Å². The van der Waals surface area contributed by atoms with E-state index in [1.807, 2.05) is 6.07 Å². The Morgan fingerprint density at radius 2 is 1.90 bits per heavy atom. The number of benzene rings is 1. The van der Waals surface area contributed by atoms with Crippen molar-refractivity contribution in [2.45, 2.75) is 13.0 Å². The van der Waals surface area contributed by atoms with Gasteiger partial charge in [-0.3, -0.25) is 14.5 Å². The monoisotopic (exact) mass is 440 g/mol. The highest BCUT2D eigenvalue weighted by molar-refractivity contribution is 7.17. The summed E-state index contributed by atoms with van der Waals surface area (Å²) in [6.07, 6.45) is 0. The van der Waals surface area contributed by atoms with Gasteiger partial charge in [0, 0.05) is 0 Å². The molecule has 1 amide bonds. The minimum atomic E-state index is -0.871. The van der Waals surface area contributed by atoms with Crippen LogP contribution in [0, 0.1) is 6.92 Å². The molecule has 3 aromatic rings. The summed E-state index contributed by atoms with van der Waals surface area (Å²) in [4.78, 5) is 44.5. The Balaban J connectivity index is 1.86. The molecule has 1 N–H and O–H groups in total. The van der Waals surface area contributed by atoms with Crippen LogP contribution in [0.15, 0.2) is 59.2 Å². The number of anilines is 1. The number of amides is 1. The zero-order valence-electron chi connectivity index (χ0n) is 16.0. The summed E-state index contributed by atoms with van der Waals surface area (Å²) in [5.41, 5.74) is 1.03. The fourth-order valence-electron chi connectivity index (χ4n) is 3.29. The molecule has 0 aliphatic carbocycles. The molecule has 0 spiro atoms. The molecule has 0 radical (unpaired) electrons. The first kappa shape index (κ1) is 20.0. The number of aryl methyl sites for hydroxylation is 1. The number of Topliss-reactive ketones (excluding diaryl/α,β-unsaturated/α-hetero) is 1. The van der Waals surface area contributed by atoms with Crippen molar-refractivity contribution < 1.29 is 24.2 Å². The molecular formula is C21H16N2O5S2. The molecule has 1 atom stereocenters. The molecule has 1 unspecified atom stereocenters. The standard InChI is InChI=1S/C21H16N2O5S2/c1-11-18(20(27)28-2)30-21(22-11)23-15(12-7-4-3-5-8-12)14(17(25)19(23)26)16(24)13-9-6-10-29-13/h3-10,15,25H,1-2H3. The number of nitrogens with zero attached hydrogens (tertiary/aromatic N) is 2. The zero-order valence-corrected chi connectivity index (χ0v) is 17.6. The molecule has 1 aromatic carbocycles. The zero-order chi connectivity index (χ0) is 21.4. The Morgan fingerprint density at radius 3 is 2.53 bits per heavy atom. The van der Waals surface area contributed by atoms with Gasteiger partial charge in [0.2, 0.25) is 5.78 Å². The number of aromatic nitrogens is 1. The topological polar surface area (TPSA) is 96.8 Å². The number of carbonyl (C=O) groups is 3. The van der Waals surface area contributed by atoms with Crippen molar-refractivity contribution in [2.75, 3.05) is 12.0 Å². The fraction of sp³-hybridized carbons (Fsp3) is 0.143. The summed E-state index contributed by atoms with van der Waals surface area (Å²) < 4.78 is 4.78. The van der Waals surface area contributed by atoms with E-state index in [-0.39, 0.29) is 15.6 Å². The SMILES string of the molecule is COC(=O)c1sc(N2C(=O)C(O)=C(C(=O)c3cccs3)C2c2ccccc2)nc1C. The number of aliphatic hydroxyl groups is 1. The van der Waals surface area contributed by atoms with Crippen LogP contribution in [0.5, 0.6) is 0 Å². The first-order chi connectivity index (χ1) is 14.4. The Hall–Kier alpha value is -3.30. The van der Waals surface area contributed by atoms with Gasteiger partial charge in [-0.1, -0.05) is 47.7 Å². The first-order valence-corrected chi connectivity index (χ1v) is 10.6. The third-order valence-electron chi connectivity index (χ3n) is 4.68. The van der Waals surface area contributed by atoms with E-state index in [9.17, 15) is 19.5 Å². The van der Waals surface area contributed by atoms with Gasteiger partial charge < -0.3 is 9.84 Å². The van der Waals surface area contributed by atoms with Crippen LogP contribution in [0.3, 0.4) is 0 Å². The predicted molar refractivity (Wildman–Crippen MR) is 113 cm³/mol. The number of esters is 1. The van der Waals surface area contributed by atoms with Gasteiger partial charge in [0.25, 0.3) is 5.91 Å². The molecule has 0 saturated carbocycles. The van der Waals surface area contributed by atoms with Crippen LogP contribution >= 0.6 is 22.7 Å². The smallest absolute Gasteiger partial charge is 0.350 e. The van der Waals surface area contributed by atoms with Crippen molar-refractivity contribution >= 4 is 45.5 Å². The maximum Gasteiger partial charge on any atom is 0.350 e. The van der Waals surface area contributed by atoms with Crippen molar-refractivity contribution in [3.05, 3.63) is 80.2 Å². The summed E-state index contributed by atoms with van der Waals surface area (Å²) >= 11 is 2.21. The summed E-state index contributed by atoms with van der Waals surface area (Å²) in [6.45, 7) is 1.63. The molecule has 30 heavy (non-hydrogen) atoms. The predicted octanol–water partition coefficient (Wildman–Crippen LogP) is 4.08. The van der Waals surface area contributed by atoms with Gasteiger partial charge in [-0.05, 0) is 23.9 Å². The number of thiophene rings is 1. The lowest BCUT2D eigenvalue weighted by atomic mass is 9.96. The molecule has 0 fully saturated rings. The highest BCUT2D eigenvalue weighted by atomic mass is 32.1. The third-order valence-corrected chi connectivity index (χ3v) is 6.68. The molecule has 1 aliphatic heterocycles. The highest BCUT2D eigenvalue weighted by Gasteiger charge is 2.46. The summed E-state index contributed by atoms with van der Waals surface area (Å²) in [7, 11) is 1.26. The van der Waals surface area contributed by atoms with Crippen LogP contribution in [0.4, 0.5) is 5.13 Å². The van der Waals surface area contributed by atoms with Gasteiger partial charge in [0.1, 0.15) is 4.88 Å². The van der Waals surface area contributed by atoms with E-state index in [4.69, 9.17) is 4.74 Å². The molecule has 9 heteroatoms. The van der Waals surface area contributed by atoms with Crippen LogP contribution in [0.1, 0.15) is 36.6 Å². The molecule has 0 saturated heterocycles. The highest BCUT2D eigenvalue weighted by Crippen LogP contribution is 2.43. The number of ketones is 1. The molecule has 4 rings (SSSR count). The first-order valence-electron chi connectivity index (χ1n) is 8.89.